The van der Waals surface area contributed by atoms with Crippen LogP contribution in [0.1, 0.15) is 5.56 Å². The summed E-state index contributed by atoms with van der Waals surface area (Å²) in [7, 11) is 0. The van der Waals surface area contributed by atoms with Crippen LogP contribution in [0.4, 0.5) is 0 Å². The van der Waals surface area contributed by atoms with Crippen LogP contribution in [0.15, 0.2) is 48.7 Å². The van der Waals surface area contributed by atoms with Crippen LogP contribution in [0.2, 0.25) is 0 Å². The number of allylic oxidation sites excluding steroid dienone is 1. The average molecular weight is 158 g/mol. The van der Waals surface area contributed by atoms with E-state index in [0.29, 0.717) is 6.61 Å². The van der Waals surface area contributed by atoms with Gasteiger partial charge in [0, 0.05) is 5.57 Å². The van der Waals surface area contributed by atoms with Gasteiger partial charge in [0.05, 0.1) is 0 Å². The molecule has 0 amide bonds. The molecule has 0 radical (unpaired) electrons. The van der Waals surface area contributed by atoms with Gasteiger partial charge < -0.3 is 4.74 Å². The molecule has 60 valence electrons. The van der Waals surface area contributed by atoms with Crippen LogP contribution in [0.3, 0.4) is 0 Å². The number of hydrogen-bond acceptors (Lipinski definition) is 1. The summed E-state index contributed by atoms with van der Waals surface area (Å²) >= 11 is 0. The summed E-state index contributed by atoms with van der Waals surface area (Å²) in [5, 5.41) is 0. The summed E-state index contributed by atoms with van der Waals surface area (Å²) in [6.07, 6.45) is 2.05. The fourth-order valence-electron chi connectivity index (χ4n) is 1.31. The summed E-state index contributed by atoms with van der Waals surface area (Å²) in [6, 6.07) is 10.2. The van der Waals surface area contributed by atoms with E-state index in [4.69, 9.17) is 4.74 Å². The molecule has 0 fully saturated rings. The molecule has 0 N–H and O–H groups in total. The first-order chi connectivity index (χ1) is 5.88. The Hall–Kier alpha value is -1.50. The number of ether oxygens (including phenoxy) is 1. The lowest BCUT2D eigenvalue weighted by atomic mass is 10.1. The Morgan fingerprint density at radius 2 is 1.92 bits per heavy atom. The molecule has 0 bridgehead atoms. The highest BCUT2D eigenvalue weighted by molar-refractivity contribution is 5.78. The van der Waals surface area contributed by atoms with Gasteiger partial charge in [-0.3, -0.25) is 0 Å². The van der Waals surface area contributed by atoms with Crippen molar-refractivity contribution in [2.75, 3.05) is 6.61 Å². The van der Waals surface area contributed by atoms with E-state index in [0.717, 1.165) is 11.3 Å². The third kappa shape index (κ3) is 1.14. The Bertz CT molecular complexity index is 322. The van der Waals surface area contributed by atoms with Gasteiger partial charge in [-0.15, -0.1) is 0 Å². The van der Waals surface area contributed by atoms with Gasteiger partial charge >= 0.3 is 0 Å². The molecule has 12 heavy (non-hydrogen) atoms. The lowest BCUT2D eigenvalue weighted by Gasteiger charge is -2.02. The SMILES string of the molecule is C=C1OCC=C1c1ccccc1. The van der Waals surface area contributed by atoms with E-state index in [1.165, 1.54) is 5.56 Å². The highest BCUT2D eigenvalue weighted by atomic mass is 16.5. The molecule has 0 aliphatic carbocycles. The van der Waals surface area contributed by atoms with E-state index in [1.807, 2.05) is 18.2 Å². The van der Waals surface area contributed by atoms with E-state index in [2.05, 4.69) is 24.8 Å². The Labute approximate surface area is 72.0 Å². The maximum Gasteiger partial charge on any atom is 0.120 e. The lowest BCUT2D eigenvalue weighted by molar-refractivity contribution is 0.282. The molecular weight excluding hydrogens is 148 g/mol. The maximum absolute atomic E-state index is 5.23. The fourth-order valence-corrected chi connectivity index (χ4v) is 1.31. The average Bonchev–Trinajstić information content (AvgIpc) is 2.53. The first-order valence-electron chi connectivity index (χ1n) is 3.95. The Morgan fingerprint density at radius 1 is 1.17 bits per heavy atom. The molecule has 1 aliphatic rings. The number of rotatable bonds is 1. The van der Waals surface area contributed by atoms with Crippen molar-refractivity contribution in [3.05, 3.63) is 54.3 Å². The Balaban J connectivity index is 2.38. The minimum absolute atomic E-state index is 0.656. The third-order valence-corrected chi connectivity index (χ3v) is 1.93. The smallest absolute Gasteiger partial charge is 0.120 e. The van der Waals surface area contributed by atoms with E-state index in [-0.39, 0.29) is 0 Å². The summed E-state index contributed by atoms with van der Waals surface area (Å²) in [5.41, 5.74) is 2.30. The lowest BCUT2D eigenvalue weighted by Crippen LogP contribution is -1.83. The molecule has 1 aromatic carbocycles. The van der Waals surface area contributed by atoms with Gasteiger partial charge in [-0.25, -0.2) is 0 Å². The van der Waals surface area contributed by atoms with Gasteiger partial charge in [0.2, 0.25) is 0 Å². The molecule has 2 rings (SSSR count). The zero-order valence-corrected chi connectivity index (χ0v) is 6.79. The summed E-state index contributed by atoms with van der Waals surface area (Å²) in [5.74, 6) is 0.779. The van der Waals surface area contributed by atoms with E-state index in [9.17, 15) is 0 Å². The summed E-state index contributed by atoms with van der Waals surface area (Å²) in [4.78, 5) is 0. The predicted molar refractivity (Wildman–Crippen MR) is 49.5 cm³/mol. The maximum atomic E-state index is 5.23. The zero-order valence-electron chi connectivity index (χ0n) is 6.79. The molecule has 1 aliphatic heterocycles. The minimum atomic E-state index is 0.656. The first-order valence-corrected chi connectivity index (χ1v) is 3.95. The van der Waals surface area contributed by atoms with Gasteiger partial charge in [-0.2, -0.15) is 0 Å². The van der Waals surface area contributed by atoms with Crippen molar-refractivity contribution < 1.29 is 4.74 Å². The summed E-state index contributed by atoms with van der Waals surface area (Å²) < 4.78 is 5.23. The van der Waals surface area contributed by atoms with Crippen molar-refractivity contribution in [1.29, 1.82) is 0 Å². The van der Waals surface area contributed by atoms with Gasteiger partial charge in [0.1, 0.15) is 12.4 Å². The van der Waals surface area contributed by atoms with Crippen LogP contribution in [-0.4, -0.2) is 6.61 Å². The van der Waals surface area contributed by atoms with Gasteiger partial charge in [0.25, 0.3) is 0 Å². The van der Waals surface area contributed by atoms with Crippen LogP contribution in [0.25, 0.3) is 5.57 Å². The Morgan fingerprint density at radius 3 is 2.50 bits per heavy atom. The van der Waals surface area contributed by atoms with Crippen molar-refractivity contribution in [1.82, 2.24) is 0 Å². The first kappa shape index (κ1) is 7.17. The highest BCUT2D eigenvalue weighted by Crippen LogP contribution is 2.26. The molecule has 0 atom stereocenters. The second kappa shape index (κ2) is 2.86. The second-order valence-corrected chi connectivity index (χ2v) is 2.72. The van der Waals surface area contributed by atoms with Crippen LogP contribution in [0.5, 0.6) is 0 Å². The van der Waals surface area contributed by atoms with Crippen molar-refractivity contribution in [2.45, 2.75) is 0 Å². The second-order valence-electron chi connectivity index (χ2n) is 2.72. The van der Waals surface area contributed by atoms with E-state index < -0.39 is 0 Å². The number of hydrogen-bond donors (Lipinski definition) is 0. The monoisotopic (exact) mass is 158 g/mol. The molecule has 0 saturated heterocycles. The van der Waals surface area contributed by atoms with Gasteiger partial charge in [-0.05, 0) is 11.6 Å². The normalized spacial score (nSPS) is 15.7. The van der Waals surface area contributed by atoms with Crippen LogP contribution in [-0.2, 0) is 4.74 Å². The van der Waals surface area contributed by atoms with Crippen molar-refractivity contribution in [3.8, 4) is 0 Å². The minimum Gasteiger partial charge on any atom is -0.489 e. The molecule has 1 nitrogen and oxygen atoms in total. The summed E-state index contributed by atoms with van der Waals surface area (Å²) in [6.45, 7) is 4.48. The van der Waals surface area contributed by atoms with E-state index in [1.54, 1.807) is 0 Å². The molecule has 0 spiro atoms. The van der Waals surface area contributed by atoms with Crippen molar-refractivity contribution in [2.24, 2.45) is 0 Å². The van der Waals surface area contributed by atoms with Gasteiger partial charge in [-0.1, -0.05) is 36.9 Å². The largest absolute Gasteiger partial charge is 0.489 e. The van der Waals surface area contributed by atoms with E-state index >= 15 is 0 Å². The molecular formula is C11H10O. The standard InChI is InChI=1S/C11H10O/c1-9-11(7-8-12-9)10-5-3-2-4-6-10/h2-7H,1,8H2. The quantitative estimate of drug-likeness (QED) is 0.610. The Kier molecular flexibility index (Phi) is 1.71. The predicted octanol–water partition coefficient (Wildman–Crippen LogP) is 2.61. The molecule has 1 heteroatoms. The molecule has 0 unspecified atom stereocenters. The van der Waals surface area contributed by atoms with Gasteiger partial charge in [0.15, 0.2) is 0 Å². The zero-order chi connectivity index (χ0) is 8.39. The molecule has 0 saturated carbocycles. The van der Waals surface area contributed by atoms with Crippen LogP contribution in [0, 0.1) is 0 Å². The molecule has 1 aromatic rings. The number of benzene rings is 1. The molecule has 0 aromatic heterocycles. The van der Waals surface area contributed by atoms with Crippen LogP contribution >= 0.6 is 0 Å². The fraction of sp³-hybridized carbons (Fsp3) is 0.0909. The molecule has 1 heterocycles. The third-order valence-electron chi connectivity index (χ3n) is 1.93. The highest BCUT2D eigenvalue weighted by Gasteiger charge is 2.11. The van der Waals surface area contributed by atoms with Crippen LogP contribution < -0.4 is 0 Å². The topological polar surface area (TPSA) is 9.23 Å². The van der Waals surface area contributed by atoms with Crippen molar-refractivity contribution >= 4 is 5.57 Å². The van der Waals surface area contributed by atoms with Crippen molar-refractivity contribution in [3.63, 3.8) is 0 Å².